The van der Waals surface area contributed by atoms with E-state index in [0.717, 1.165) is 33.7 Å². The van der Waals surface area contributed by atoms with Gasteiger partial charge in [0.2, 0.25) is 5.91 Å². The van der Waals surface area contributed by atoms with Crippen LogP contribution in [0.5, 0.6) is 0 Å². The maximum absolute atomic E-state index is 12.2. The van der Waals surface area contributed by atoms with E-state index in [9.17, 15) is 4.79 Å². The van der Waals surface area contributed by atoms with Crippen LogP contribution in [0, 0.1) is 0 Å². The molecule has 0 aliphatic rings. The first-order valence-corrected chi connectivity index (χ1v) is 10.8. The van der Waals surface area contributed by atoms with Crippen molar-refractivity contribution in [2.24, 2.45) is 0 Å². The number of thiocarbonyl (C=S) groups is 1. The molecule has 0 saturated carbocycles. The van der Waals surface area contributed by atoms with Gasteiger partial charge in [0.15, 0.2) is 5.11 Å². The molecule has 0 radical (unpaired) electrons. The lowest BCUT2D eigenvalue weighted by atomic mass is 10.0. The predicted molar refractivity (Wildman–Crippen MR) is 135 cm³/mol. The normalized spacial score (nSPS) is 11.2. The number of nitrogens with zero attached hydrogens (tertiary/aromatic N) is 1. The first kappa shape index (κ1) is 21.5. The summed E-state index contributed by atoms with van der Waals surface area (Å²) < 4.78 is 0. The van der Waals surface area contributed by atoms with Gasteiger partial charge < -0.3 is 10.3 Å². The highest BCUT2D eigenvalue weighted by atomic mass is 32.1. The number of aromatic nitrogens is 2. The van der Waals surface area contributed by atoms with E-state index >= 15 is 0 Å². The van der Waals surface area contributed by atoms with Gasteiger partial charge in [0.05, 0.1) is 11.0 Å². The summed E-state index contributed by atoms with van der Waals surface area (Å²) in [6.45, 7) is 4.30. The van der Waals surface area contributed by atoms with Crippen LogP contribution in [0.2, 0.25) is 0 Å². The minimum atomic E-state index is -0.283. The Labute approximate surface area is 192 Å². The fourth-order valence-electron chi connectivity index (χ4n) is 3.28. The zero-order valence-electron chi connectivity index (χ0n) is 17.9. The maximum atomic E-state index is 12.2. The van der Waals surface area contributed by atoms with Gasteiger partial charge in [-0.15, -0.1) is 0 Å². The van der Waals surface area contributed by atoms with Gasteiger partial charge in [-0.05, 0) is 71.7 Å². The number of carbonyl (C=O) groups is 1. The SMILES string of the molecule is CC(C)c1ccc(/C=C/C(=O)NC(=S)Nc2ccc(-c3nc4ccccc4[nH]3)cc2)cc1. The van der Waals surface area contributed by atoms with Gasteiger partial charge in [0.25, 0.3) is 0 Å². The Morgan fingerprint density at radius 1 is 1.00 bits per heavy atom. The van der Waals surface area contributed by atoms with Crippen LogP contribution in [0.25, 0.3) is 28.5 Å². The number of nitrogens with one attached hydrogen (secondary N) is 3. The van der Waals surface area contributed by atoms with Crippen LogP contribution >= 0.6 is 12.2 Å². The van der Waals surface area contributed by atoms with E-state index in [4.69, 9.17) is 12.2 Å². The molecule has 6 heteroatoms. The van der Waals surface area contributed by atoms with Gasteiger partial charge in [0, 0.05) is 17.3 Å². The Morgan fingerprint density at radius 3 is 2.41 bits per heavy atom. The predicted octanol–water partition coefficient (Wildman–Crippen LogP) is 5.88. The number of anilines is 1. The third kappa shape index (κ3) is 5.28. The number of hydrogen-bond donors (Lipinski definition) is 3. The second-order valence-corrected chi connectivity index (χ2v) is 8.19. The molecule has 32 heavy (non-hydrogen) atoms. The van der Waals surface area contributed by atoms with Crippen LogP contribution in [0.15, 0.2) is 78.9 Å². The van der Waals surface area contributed by atoms with Crippen LogP contribution in [0.4, 0.5) is 5.69 Å². The van der Waals surface area contributed by atoms with Crippen molar-refractivity contribution >= 4 is 46.0 Å². The highest BCUT2D eigenvalue weighted by Crippen LogP contribution is 2.22. The van der Waals surface area contributed by atoms with Gasteiger partial charge in [-0.2, -0.15) is 0 Å². The van der Waals surface area contributed by atoms with Crippen molar-refractivity contribution < 1.29 is 4.79 Å². The largest absolute Gasteiger partial charge is 0.338 e. The fourth-order valence-corrected chi connectivity index (χ4v) is 3.50. The number of fused-ring (bicyclic) bond motifs is 1. The molecule has 4 aromatic rings. The topological polar surface area (TPSA) is 69.8 Å². The molecule has 0 atom stereocenters. The molecule has 4 rings (SSSR count). The van der Waals surface area contributed by atoms with Gasteiger partial charge in [-0.25, -0.2) is 4.98 Å². The molecule has 1 amide bonds. The Bertz CT molecular complexity index is 1240. The first-order valence-electron chi connectivity index (χ1n) is 10.4. The first-order chi connectivity index (χ1) is 15.5. The van der Waals surface area contributed by atoms with Gasteiger partial charge in [-0.3, -0.25) is 10.1 Å². The molecule has 0 aliphatic heterocycles. The van der Waals surface area contributed by atoms with Crippen molar-refractivity contribution in [3.8, 4) is 11.4 Å². The van der Waals surface area contributed by atoms with Crippen LogP contribution in [0.3, 0.4) is 0 Å². The van der Waals surface area contributed by atoms with E-state index in [-0.39, 0.29) is 11.0 Å². The summed E-state index contributed by atoms with van der Waals surface area (Å²) in [4.78, 5) is 20.1. The molecule has 0 aliphatic carbocycles. The summed E-state index contributed by atoms with van der Waals surface area (Å²) >= 11 is 5.26. The number of amides is 1. The van der Waals surface area contributed by atoms with Crippen LogP contribution < -0.4 is 10.6 Å². The second-order valence-electron chi connectivity index (χ2n) is 7.78. The minimum absolute atomic E-state index is 0.242. The minimum Gasteiger partial charge on any atom is -0.338 e. The van der Waals surface area contributed by atoms with E-state index in [2.05, 4.69) is 46.6 Å². The standard InChI is InChI=1S/C26H24N4OS/c1-17(2)19-10-7-18(8-11-19)9-16-24(31)30-26(32)27-21-14-12-20(13-15-21)25-28-22-5-3-4-6-23(22)29-25/h3-17H,1-2H3,(H,28,29)(H2,27,30,31,32)/b16-9+. The lowest BCUT2D eigenvalue weighted by molar-refractivity contribution is -0.115. The average molecular weight is 441 g/mol. The number of hydrogen-bond acceptors (Lipinski definition) is 3. The molecule has 0 spiro atoms. The number of carbonyl (C=O) groups excluding carboxylic acids is 1. The van der Waals surface area contributed by atoms with Gasteiger partial charge >= 0.3 is 0 Å². The summed E-state index contributed by atoms with van der Waals surface area (Å²) in [6.07, 6.45) is 3.24. The second kappa shape index (κ2) is 9.58. The third-order valence-electron chi connectivity index (χ3n) is 5.07. The van der Waals surface area contributed by atoms with Crippen molar-refractivity contribution in [1.29, 1.82) is 0 Å². The Balaban J connectivity index is 1.32. The van der Waals surface area contributed by atoms with E-state index in [0.29, 0.717) is 5.92 Å². The number of imidazole rings is 1. The molecule has 3 aromatic carbocycles. The molecule has 1 heterocycles. The smallest absolute Gasteiger partial charge is 0.250 e. The molecule has 5 nitrogen and oxygen atoms in total. The Kier molecular flexibility index (Phi) is 6.42. The number of H-pyrrole nitrogens is 1. The van der Waals surface area contributed by atoms with Crippen molar-refractivity contribution in [2.75, 3.05) is 5.32 Å². The molecular weight excluding hydrogens is 416 g/mol. The summed E-state index contributed by atoms with van der Waals surface area (Å²) in [5, 5.41) is 5.94. The monoisotopic (exact) mass is 440 g/mol. The molecule has 1 aromatic heterocycles. The van der Waals surface area contributed by atoms with Gasteiger partial charge in [-0.1, -0.05) is 50.2 Å². The molecule has 0 bridgehead atoms. The molecule has 0 fully saturated rings. The Morgan fingerprint density at radius 2 is 1.72 bits per heavy atom. The van der Waals surface area contributed by atoms with Crippen molar-refractivity contribution in [3.63, 3.8) is 0 Å². The van der Waals surface area contributed by atoms with E-state index in [1.807, 2.05) is 60.7 Å². The van der Waals surface area contributed by atoms with Crippen LogP contribution in [-0.2, 0) is 4.79 Å². The van der Waals surface area contributed by atoms with E-state index < -0.39 is 0 Å². The van der Waals surface area contributed by atoms with Crippen molar-refractivity contribution in [2.45, 2.75) is 19.8 Å². The van der Waals surface area contributed by atoms with E-state index in [1.165, 1.54) is 11.6 Å². The number of benzene rings is 3. The lowest BCUT2D eigenvalue weighted by Crippen LogP contribution is -2.32. The summed E-state index contributed by atoms with van der Waals surface area (Å²) in [7, 11) is 0. The van der Waals surface area contributed by atoms with Crippen LogP contribution in [-0.4, -0.2) is 21.0 Å². The Hall–Kier alpha value is -3.77. The number of para-hydroxylation sites is 2. The number of rotatable bonds is 5. The average Bonchev–Trinajstić information content (AvgIpc) is 3.22. The lowest BCUT2D eigenvalue weighted by Gasteiger charge is -2.08. The summed E-state index contributed by atoms with van der Waals surface area (Å²) in [5.74, 6) is 1.00. The molecule has 160 valence electrons. The van der Waals surface area contributed by atoms with Crippen molar-refractivity contribution in [3.05, 3.63) is 90.0 Å². The molecule has 0 saturated heterocycles. The maximum Gasteiger partial charge on any atom is 0.250 e. The highest BCUT2D eigenvalue weighted by Gasteiger charge is 2.06. The quantitative estimate of drug-likeness (QED) is 0.268. The van der Waals surface area contributed by atoms with Crippen LogP contribution in [0.1, 0.15) is 30.9 Å². The molecular formula is C26H24N4OS. The third-order valence-corrected chi connectivity index (χ3v) is 5.28. The van der Waals surface area contributed by atoms with E-state index in [1.54, 1.807) is 6.08 Å². The van der Waals surface area contributed by atoms with Crippen molar-refractivity contribution in [1.82, 2.24) is 15.3 Å². The van der Waals surface area contributed by atoms with Gasteiger partial charge in [0.1, 0.15) is 5.82 Å². The number of aromatic amines is 1. The zero-order chi connectivity index (χ0) is 22.5. The molecule has 0 unspecified atom stereocenters. The molecule has 3 N–H and O–H groups in total. The fraction of sp³-hybridized carbons (Fsp3) is 0.115. The summed E-state index contributed by atoms with van der Waals surface area (Å²) in [6, 6.07) is 23.7. The zero-order valence-corrected chi connectivity index (χ0v) is 18.7. The summed E-state index contributed by atoms with van der Waals surface area (Å²) in [5.41, 5.74) is 5.90. The highest BCUT2D eigenvalue weighted by molar-refractivity contribution is 7.80.